The van der Waals surface area contributed by atoms with Crippen LogP contribution in [-0.2, 0) is 17.3 Å². The monoisotopic (exact) mass is 1070 g/mol. The molecule has 3 atom stereocenters. The number of pyridine rings is 1. The van der Waals surface area contributed by atoms with Gasteiger partial charge in [-0.05, 0) is 103 Å². The normalized spacial score (nSPS) is 17.5. The summed E-state index contributed by atoms with van der Waals surface area (Å²) in [5.41, 5.74) is 22.0. The molecule has 8 heteroatoms. The second-order valence-corrected chi connectivity index (χ2v) is 23.2. The zero-order valence-corrected chi connectivity index (χ0v) is 47.0. The van der Waals surface area contributed by atoms with E-state index in [-0.39, 0.29) is 10.8 Å². The summed E-state index contributed by atoms with van der Waals surface area (Å²) in [4.78, 5) is 25.4. The molecule has 5 aromatic heterocycles. The lowest BCUT2D eigenvalue weighted by molar-refractivity contribution is 0.560. The molecule has 8 nitrogen and oxygen atoms in total. The zero-order valence-electron chi connectivity index (χ0n) is 47.0. The molecule has 0 spiro atoms. The van der Waals surface area contributed by atoms with E-state index in [0.717, 1.165) is 74.7 Å². The van der Waals surface area contributed by atoms with E-state index < -0.39 is 0 Å². The largest absolute Gasteiger partial charge is 0.313 e. The third-order valence-electron chi connectivity index (χ3n) is 18.1. The van der Waals surface area contributed by atoms with Gasteiger partial charge in [0.05, 0.1) is 50.7 Å². The van der Waals surface area contributed by atoms with Crippen molar-refractivity contribution in [3.05, 3.63) is 270 Å². The highest BCUT2D eigenvalue weighted by Crippen LogP contribution is 2.56. The van der Waals surface area contributed by atoms with E-state index in [2.05, 4.69) is 177 Å². The highest BCUT2D eigenvalue weighted by atomic mass is 15.0. The summed E-state index contributed by atoms with van der Waals surface area (Å²) < 4.78 is 4.91. The molecule has 400 valence electrons. The van der Waals surface area contributed by atoms with Crippen LogP contribution >= 0.6 is 0 Å². The lowest BCUT2D eigenvalue weighted by atomic mass is 9.76. The van der Waals surface area contributed by atoms with E-state index in [1.54, 1.807) is 12.2 Å². The van der Waals surface area contributed by atoms with Gasteiger partial charge in [0.15, 0.2) is 11.6 Å². The van der Waals surface area contributed by atoms with Crippen LogP contribution in [0.15, 0.2) is 231 Å². The fourth-order valence-corrected chi connectivity index (χ4v) is 13.9. The summed E-state index contributed by atoms with van der Waals surface area (Å²) >= 11 is 0. The fraction of sp³-hybridized carbons (Fsp3) is 0.147. The van der Waals surface area contributed by atoms with Crippen molar-refractivity contribution in [1.29, 1.82) is 5.41 Å². The summed E-state index contributed by atoms with van der Waals surface area (Å²) in [6.45, 7) is 12.9. The molecular formula is C75H60N8. The Balaban J connectivity index is 0.000000142. The van der Waals surface area contributed by atoms with Gasteiger partial charge >= 0.3 is 0 Å². The molecule has 1 fully saturated rings. The van der Waals surface area contributed by atoms with Crippen LogP contribution in [0.2, 0.25) is 0 Å². The van der Waals surface area contributed by atoms with Crippen molar-refractivity contribution in [3.8, 4) is 68.1 Å². The Labute approximate surface area is 483 Å². The molecule has 0 amide bonds. The number of hydrogen-bond acceptors (Lipinski definition) is 6. The predicted molar refractivity (Wildman–Crippen MR) is 339 cm³/mol. The quantitative estimate of drug-likeness (QED) is 0.0882. The highest BCUT2D eigenvalue weighted by molar-refractivity contribution is 6.10. The smallest absolute Gasteiger partial charge is 0.160 e. The number of nitrogens with one attached hydrogen (secondary N) is 1. The maximum atomic E-state index is 9.08. The Morgan fingerprint density at radius 1 is 0.602 bits per heavy atom. The minimum Gasteiger partial charge on any atom is -0.313 e. The van der Waals surface area contributed by atoms with Crippen molar-refractivity contribution in [2.75, 3.05) is 0 Å². The summed E-state index contributed by atoms with van der Waals surface area (Å²) in [6.07, 6.45) is 15.0. The van der Waals surface area contributed by atoms with Crippen molar-refractivity contribution >= 4 is 38.4 Å². The van der Waals surface area contributed by atoms with Crippen molar-refractivity contribution in [3.63, 3.8) is 0 Å². The molecule has 16 rings (SSSR count). The van der Waals surface area contributed by atoms with E-state index in [9.17, 15) is 0 Å². The maximum absolute atomic E-state index is 9.08. The van der Waals surface area contributed by atoms with Crippen molar-refractivity contribution in [2.24, 2.45) is 5.92 Å². The molecule has 0 aliphatic heterocycles. The second kappa shape index (κ2) is 19.4. The fourth-order valence-electron chi connectivity index (χ4n) is 13.9. The van der Waals surface area contributed by atoms with Crippen LogP contribution in [0.3, 0.4) is 0 Å². The van der Waals surface area contributed by atoms with Crippen molar-refractivity contribution in [2.45, 2.75) is 63.7 Å². The van der Waals surface area contributed by atoms with Gasteiger partial charge in [0.25, 0.3) is 0 Å². The summed E-state index contributed by atoms with van der Waals surface area (Å²) in [7, 11) is 0. The van der Waals surface area contributed by atoms with Gasteiger partial charge in [0.2, 0.25) is 0 Å². The number of fused-ring (bicyclic) bond motifs is 14. The first-order valence-corrected chi connectivity index (χ1v) is 29.0. The maximum Gasteiger partial charge on any atom is 0.160 e. The molecule has 12 aromatic rings. The molecule has 1 saturated carbocycles. The van der Waals surface area contributed by atoms with E-state index in [1.807, 2.05) is 79.0 Å². The SMILES string of the molecule is C=C/C=C\C(=N)c1nc(-c2ccccc2)nc2c1C(C)(CC)c1cc(-n3c4c(c5ccccc53)CC=CC3CC43)ccc1-2.CC1(C)c2ccc(-n3c4ccccc4c4ccccc43)cc2-c2nc(-c3ccccc3)nc(-c3ccccn3)c21. The van der Waals surface area contributed by atoms with E-state index in [4.69, 9.17) is 30.3 Å². The van der Waals surface area contributed by atoms with Gasteiger partial charge in [0.1, 0.15) is 0 Å². The highest BCUT2D eigenvalue weighted by Gasteiger charge is 2.45. The van der Waals surface area contributed by atoms with Gasteiger partial charge in [-0.2, -0.15) is 0 Å². The Morgan fingerprint density at radius 2 is 1.19 bits per heavy atom. The Morgan fingerprint density at radius 3 is 1.86 bits per heavy atom. The number of rotatable bonds is 9. The lowest BCUT2D eigenvalue weighted by Gasteiger charge is -2.27. The predicted octanol–water partition coefficient (Wildman–Crippen LogP) is 17.7. The first kappa shape index (κ1) is 50.1. The van der Waals surface area contributed by atoms with Gasteiger partial charge in [-0.3, -0.25) is 10.4 Å². The van der Waals surface area contributed by atoms with Crippen LogP contribution in [0.1, 0.15) is 85.7 Å². The summed E-state index contributed by atoms with van der Waals surface area (Å²) in [6, 6.07) is 66.3. The molecule has 4 aliphatic carbocycles. The number of para-hydroxylation sites is 3. The van der Waals surface area contributed by atoms with Crippen LogP contribution in [0, 0.1) is 11.3 Å². The Kier molecular flexibility index (Phi) is 11.7. The molecular weight excluding hydrogens is 1010 g/mol. The number of benzene rings is 7. The molecule has 3 unspecified atom stereocenters. The number of nitrogens with zero attached hydrogens (tertiary/aromatic N) is 7. The number of aromatic nitrogens is 7. The van der Waals surface area contributed by atoms with Crippen LogP contribution in [0.5, 0.6) is 0 Å². The van der Waals surface area contributed by atoms with Crippen LogP contribution < -0.4 is 0 Å². The Bertz CT molecular complexity index is 4640. The minimum atomic E-state index is -0.344. The van der Waals surface area contributed by atoms with Gasteiger partial charge in [-0.25, -0.2) is 19.9 Å². The third-order valence-corrected chi connectivity index (χ3v) is 18.1. The Hall–Kier alpha value is -9.92. The van der Waals surface area contributed by atoms with Crippen LogP contribution in [-0.4, -0.2) is 39.8 Å². The molecule has 83 heavy (non-hydrogen) atoms. The summed E-state index contributed by atoms with van der Waals surface area (Å²) in [5, 5.41) is 13.0. The van der Waals surface area contributed by atoms with Crippen molar-refractivity contribution in [1.82, 2.24) is 34.1 Å². The first-order valence-electron chi connectivity index (χ1n) is 29.0. The second-order valence-electron chi connectivity index (χ2n) is 23.2. The molecule has 4 aliphatic rings. The zero-order chi connectivity index (χ0) is 56.1. The molecule has 7 aromatic carbocycles. The van der Waals surface area contributed by atoms with Gasteiger partial charge in [0, 0.05) is 89.6 Å². The molecule has 0 radical (unpaired) electrons. The van der Waals surface area contributed by atoms with Gasteiger partial charge in [-0.1, -0.05) is 192 Å². The average Bonchev–Trinajstić information content (AvgIpc) is 2.62. The van der Waals surface area contributed by atoms with Crippen LogP contribution in [0.25, 0.3) is 101 Å². The minimum absolute atomic E-state index is 0.286. The van der Waals surface area contributed by atoms with Crippen LogP contribution in [0.4, 0.5) is 0 Å². The summed E-state index contributed by atoms with van der Waals surface area (Å²) in [5.74, 6) is 2.58. The standard InChI is InChI=1S/C39H34N4.C36H26N4/c1-4-6-18-32(40)36-34-35(41-38(42-36)24-13-8-7-9-14-24)29-21-20-26(23-31(29)39(34,3)5-2)43-33-19-11-10-16-27(33)28-17-12-15-25-22-30(25)37(28)43;1-36(2)28-20-19-24(40-30-17-8-6-14-25(30)26-15-7-9-18-31(26)40)22-27(28)33-32(36)34(29-16-10-11-21-37-29)39-35(38-33)23-12-4-3-5-13-23/h4,6-16,18-21,23,25,30,40H,1,5,17,22H2,2-3H3;3-22H,1-2H3/b18-6-,40-32?;. The first-order chi connectivity index (χ1) is 40.6. The third kappa shape index (κ3) is 7.87. The van der Waals surface area contributed by atoms with Crippen molar-refractivity contribution < 1.29 is 0 Å². The number of allylic oxidation sites excluding steroid dienone is 5. The molecule has 0 bridgehead atoms. The molecule has 1 N–H and O–H groups in total. The topological polar surface area (TPSA) is 98.2 Å². The van der Waals surface area contributed by atoms with E-state index in [1.165, 1.54) is 67.2 Å². The van der Waals surface area contributed by atoms with Gasteiger partial charge < -0.3 is 9.13 Å². The van der Waals surface area contributed by atoms with E-state index >= 15 is 0 Å². The molecule has 0 saturated heterocycles. The number of hydrogen-bond donors (Lipinski definition) is 1. The van der Waals surface area contributed by atoms with Gasteiger partial charge in [-0.15, -0.1) is 0 Å². The average molecular weight is 1070 g/mol. The van der Waals surface area contributed by atoms with E-state index in [0.29, 0.717) is 34.9 Å². The lowest BCUT2D eigenvalue weighted by Crippen LogP contribution is -2.24. The molecule has 5 heterocycles.